The molecule has 0 aliphatic heterocycles. The zero-order valence-electron chi connectivity index (χ0n) is 14.4. The van der Waals surface area contributed by atoms with Crippen LogP contribution in [0.15, 0.2) is 53.0 Å². The Morgan fingerprint density at radius 3 is 2.50 bits per heavy atom. The third kappa shape index (κ3) is 4.54. The van der Waals surface area contributed by atoms with Crippen molar-refractivity contribution in [2.24, 2.45) is 0 Å². The third-order valence-corrected chi connectivity index (χ3v) is 5.60. The minimum Gasteiger partial charge on any atom is -0.465 e. The number of carbonyl (C=O) groups excluding carboxylic acids is 1. The number of anilines is 2. The second-order valence-electron chi connectivity index (χ2n) is 5.53. The van der Waals surface area contributed by atoms with Gasteiger partial charge in [0.05, 0.1) is 18.4 Å². The zero-order valence-corrected chi connectivity index (χ0v) is 17.6. The van der Waals surface area contributed by atoms with Crippen molar-refractivity contribution in [2.45, 2.75) is 0 Å². The molecule has 0 saturated carbocycles. The molecule has 9 heteroatoms. The molecule has 0 saturated heterocycles. The summed E-state index contributed by atoms with van der Waals surface area (Å²) in [5, 5.41) is 6.05. The molecule has 28 heavy (non-hydrogen) atoms. The van der Waals surface area contributed by atoms with Gasteiger partial charge in [-0.05, 0) is 45.8 Å². The average Bonchev–Trinajstić information content (AvgIpc) is 3.08. The maximum absolute atomic E-state index is 14.0. The van der Waals surface area contributed by atoms with Crippen LogP contribution in [0.3, 0.4) is 0 Å². The lowest BCUT2D eigenvalue weighted by atomic mass is 10.1. The van der Waals surface area contributed by atoms with Gasteiger partial charge in [0.15, 0.2) is 10.9 Å². The molecule has 0 spiro atoms. The number of halogens is 3. The highest BCUT2D eigenvalue weighted by Gasteiger charge is 2.19. The molecule has 0 unspecified atom stereocenters. The molecule has 0 radical (unpaired) electrons. The summed E-state index contributed by atoms with van der Waals surface area (Å²) in [6.07, 6.45) is 0. The van der Waals surface area contributed by atoms with E-state index >= 15 is 0 Å². The molecule has 1 aromatic heterocycles. The van der Waals surface area contributed by atoms with Gasteiger partial charge in [0.2, 0.25) is 0 Å². The smallest absolute Gasteiger partial charge is 0.340 e. The lowest BCUT2D eigenvalue weighted by Gasteiger charge is -2.12. The summed E-state index contributed by atoms with van der Waals surface area (Å²) in [6, 6.07) is 13.1. The number of hydrogen-bond acceptors (Lipinski definition) is 4. The Morgan fingerprint density at radius 2 is 1.86 bits per heavy atom. The number of esters is 1. The van der Waals surface area contributed by atoms with Gasteiger partial charge in [-0.2, -0.15) is 0 Å². The number of rotatable bonds is 4. The Bertz CT molecular complexity index is 1020. The molecular formula is C19H13BrF2N2O2S2. The number of thiophene rings is 1. The molecule has 2 aromatic carbocycles. The molecule has 0 aliphatic carbocycles. The van der Waals surface area contributed by atoms with E-state index in [9.17, 15) is 13.6 Å². The van der Waals surface area contributed by atoms with Crippen molar-refractivity contribution in [3.8, 4) is 10.4 Å². The van der Waals surface area contributed by atoms with Crippen LogP contribution in [0.4, 0.5) is 19.5 Å². The number of methoxy groups -OCH3 is 1. The molecule has 144 valence electrons. The van der Waals surface area contributed by atoms with Crippen molar-refractivity contribution in [2.75, 3.05) is 17.7 Å². The Morgan fingerprint density at radius 1 is 1.14 bits per heavy atom. The van der Waals surface area contributed by atoms with Gasteiger partial charge < -0.3 is 15.4 Å². The van der Waals surface area contributed by atoms with E-state index < -0.39 is 17.6 Å². The first-order chi connectivity index (χ1) is 13.4. The van der Waals surface area contributed by atoms with E-state index in [0.717, 1.165) is 22.6 Å². The predicted molar refractivity (Wildman–Crippen MR) is 115 cm³/mol. The molecule has 1 heterocycles. The number of hydrogen-bond donors (Lipinski definition) is 2. The van der Waals surface area contributed by atoms with Gasteiger partial charge >= 0.3 is 5.97 Å². The normalized spacial score (nSPS) is 10.4. The maximum atomic E-state index is 14.0. The second-order valence-corrected chi connectivity index (χ2v) is 7.85. The Kier molecular flexibility index (Phi) is 6.38. The average molecular weight is 483 g/mol. The van der Waals surface area contributed by atoms with Gasteiger partial charge in [-0.15, -0.1) is 11.3 Å². The minimum absolute atomic E-state index is 0.0154. The predicted octanol–water partition coefficient (Wildman–Crippen LogP) is 6.05. The van der Waals surface area contributed by atoms with Crippen LogP contribution in [0.5, 0.6) is 0 Å². The quantitative estimate of drug-likeness (QED) is 0.350. The van der Waals surface area contributed by atoms with Crippen molar-refractivity contribution in [1.82, 2.24) is 0 Å². The van der Waals surface area contributed by atoms with E-state index in [1.165, 1.54) is 18.4 Å². The summed E-state index contributed by atoms with van der Waals surface area (Å²) < 4.78 is 32.3. The topological polar surface area (TPSA) is 50.4 Å². The van der Waals surface area contributed by atoms with Crippen molar-refractivity contribution in [3.05, 3.63) is 70.2 Å². The summed E-state index contributed by atoms with van der Waals surface area (Å²) in [7, 11) is 1.29. The maximum Gasteiger partial charge on any atom is 0.340 e. The molecule has 0 atom stereocenters. The van der Waals surface area contributed by atoms with E-state index in [1.54, 1.807) is 6.07 Å². The SMILES string of the molecule is COC(=O)c1cc(-c2ccccc2)sc1NC(=S)Nc1c(F)cc(F)cc1Br. The van der Waals surface area contributed by atoms with Gasteiger partial charge in [0, 0.05) is 15.4 Å². The summed E-state index contributed by atoms with van der Waals surface area (Å²) in [5.74, 6) is -2.05. The second kappa shape index (κ2) is 8.76. The van der Waals surface area contributed by atoms with Crippen LogP contribution in [0, 0.1) is 11.6 Å². The highest BCUT2D eigenvalue weighted by molar-refractivity contribution is 9.10. The third-order valence-electron chi connectivity index (χ3n) is 3.67. The molecule has 4 nitrogen and oxygen atoms in total. The van der Waals surface area contributed by atoms with E-state index in [0.29, 0.717) is 10.6 Å². The summed E-state index contributed by atoms with van der Waals surface area (Å²) in [4.78, 5) is 13.0. The fourth-order valence-corrected chi connectivity index (χ4v) is 4.23. The zero-order chi connectivity index (χ0) is 20.3. The number of carbonyl (C=O) groups is 1. The van der Waals surface area contributed by atoms with E-state index in [4.69, 9.17) is 17.0 Å². The molecule has 0 aliphatic rings. The van der Waals surface area contributed by atoms with Gasteiger partial charge in [-0.1, -0.05) is 30.3 Å². The fraction of sp³-hybridized carbons (Fsp3) is 0.0526. The number of nitrogens with one attached hydrogen (secondary N) is 2. The van der Waals surface area contributed by atoms with E-state index in [2.05, 4.69) is 26.6 Å². The van der Waals surface area contributed by atoms with Crippen molar-refractivity contribution in [1.29, 1.82) is 0 Å². The van der Waals surface area contributed by atoms with Crippen molar-refractivity contribution >= 4 is 61.3 Å². The Labute approximate surface area is 177 Å². The molecule has 0 bridgehead atoms. The van der Waals surface area contributed by atoms with Crippen LogP contribution in [-0.4, -0.2) is 18.2 Å². The van der Waals surface area contributed by atoms with Crippen molar-refractivity contribution in [3.63, 3.8) is 0 Å². The summed E-state index contributed by atoms with van der Waals surface area (Å²) >= 11 is 9.62. The van der Waals surface area contributed by atoms with Crippen LogP contribution in [0.25, 0.3) is 10.4 Å². The minimum atomic E-state index is -0.805. The van der Waals surface area contributed by atoms with E-state index in [-0.39, 0.29) is 15.3 Å². The standard InChI is InChI=1S/C19H13BrF2N2O2S2/c1-26-18(25)12-9-15(10-5-3-2-4-6-10)28-17(12)24-19(27)23-16-13(20)7-11(21)8-14(16)22/h2-9H,1H3,(H2,23,24,27). The first-order valence-corrected chi connectivity index (χ1v) is 9.91. The summed E-state index contributed by atoms with van der Waals surface area (Å²) in [6.45, 7) is 0. The van der Waals surface area contributed by atoms with Gasteiger partial charge in [0.25, 0.3) is 0 Å². The molecule has 0 fully saturated rings. The summed E-state index contributed by atoms with van der Waals surface area (Å²) in [5.41, 5.74) is 1.21. The largest absolute Gasteiger partial charge is 0.465 e. The molecule has 0 amide bonds. The Hall–Kier alpha value is -2.36. The number of benzene rings is 2. The Balaban J connectivity index is 1.88. The first-order valence-electron chi connectivity index (χ1n) is 7.89. The molecule has 2 N–H and O–H groups in total. The monoisotopic (exact) mass is 482 g/mol. The number of ether oxygens (including phenoxy) is 1. The fourth-order valence-electron chi connectivity index (χ4n) is 2.40. The van der Waals surface area contributed by atoms with Gasteiger partial charge in [0.1, 0.15) is 10.8 Å². The molecule has 3 aromatic rings. The van der Waals surface area contributed by atoms with Crippen molar-refractivity contribution < 1.29 is 18.3 Å². The highest BCUT2D eigenvalue weighted by atomic mass is 79.9. The van der Waals surface area contributed by atoms with Crippen LogP contribution < -0.4 is 10.6 Å². The lowest BCUT2D eigenvalue weighted by Crippen LogP contribution is -2.21. The van der Waals surface area contributed by atoms with Crippen LogP contribution in [-0.2, 0) is 4.74 Å². The van der Waals surface area contributed by atoms with Crippen LogP contribution >= 0.6 is 39.5 Å². The highest BCUT2D eigenvalue weighted by Crippen LogP contribution is 2.36. The van der Waals surface area contributed by atoms with Crippen LogP contribution in [0.1, 0.15) is 10.4 Å². The molecule has 3 rings (SSSR count). The number of thiocarbonyl (C=S) groups is 1. The van der Waals surface area contributed by atoms with E-state index in [1.807, 2.05) is 30.3 Å². The van der Waals surface area contributed by atoms with Gasteiger partial charge in [-0.3, -0.25) is 0 Å². The van der Waals surface area contributed by atoms with Crippen LogP contribution in [0.2, 0.25) is 0 Å². The lowest BCUT2D eigenvalue weighted by molar-refractivity contribution is 0.0602. The molecular weight excluding hydrogens is 470 g/mol. The van der Waals surface area contributed by atoms with Gasteiger partial charge in [-0.25, -0.2) is 13.6 Å². The first kappa shape index (κ1) is 20.4.